The van der Waals surface area contributed by atoms with Gasteiger partial charge >= 0.3 is 0 Å². The van der Waals surface area contributed by atoms with Crippen LogP contribution >= 0.6 is 11.3 Å². The van der Waals surface area contributed by atoms with Crippen LogP contribution in [-0.2, 0) is 17.8 Å². The zero-order valence-electron chi connectivity index (χ0n) is 17.9. The van der Waals surface area contributed by atoms with E-state index < -0.39 is 0 Å². The average molecular weight is 416 g/mol. The number of nitrogens with zero attached hydrogens (tertiary/aromatic N) is 2. The van der Waals surface area contributed by atoms with E-state index in [4.69, 9.17) is 4.74 Å². The fourth-order valence-corrected chi connectivity index (χ4v) is 4.50. The molecule has 158 valence electrons. The van der Waals surface area contributed by atoms with Crippen molar-refractivity contribution >= 4 is 22.4 Å². The highest BCUT2D eigenvalue weighted by molar-refractivity contribution is 7.15. The maximum absolute atomic E-state index is 12.2. The smallest absolute Gasteiger partial charge is 0.226 e. The van der Waals surface area contributed by atoms with E-state index in [1.807, 2.05) is 19.1 Å². The first-order valence-electron chi connectivity index (χ1n) is 10.7. The largest absolute Gasteiger partial charge is 0.494 e. The molecule has 3 rings (SSSR count). The molecule has 1 aliphatic heterocycles. The molecule has 0 saturated carbocycles. The van der Waals surface area contributed by atoms with Gasteiger partial charge in [-0.1, -0.05) is 26.0 Å². The first kappa shape index (κ1) is 21.8. The van der Waals surface area contributed by atoms with Crippen molar-refractivity contribution in [2.24, 2.45) is 5.92 Å². The van der Waals surface area contributed by atoms with Gasteiger partial charge < -0.3 is 10.1 Å². The maximum atomic E-state index is 12.2. The number of hydrogen-bond acceptors (Lipinski definition) is 5. The van der Waals surface area contributed by atoms with Crippen molar-refractivity contribution in [3.63, 3.8) is 0 Å². The summed E-state index contributed by atoms with van der Waals surface area (Å²) < 4.78 is 5.72. The minimum atomic E-state index is 0.00188. The number of aryl methyl sites for hydroxylation is 2. The first-order valence-corrected chi connectivity index (χ1v) is 11.6. The lowest BCUT2D eigenvalue weighted by molar-refractivity contribution is -0.116. The number of carbonyl (C=O) groups is 1. The molecule has 1 aliphatic rings. The molecule has 29 heavy (non-hydrogen) atoms. The second-order valence-corrected chi connectivity index (χ2v) is 9.07. The van der Waals surface area contributed by atoms with Crippen LogP contribution in [0, 0.1) is 12.8 Å². The van der Waals surface area contributed by atoms with Crippen LogP contribution in [0.2, 0.25) is 0 Å². The highest BCUT2D eigenvalue weighted by Crippen LogP contribution is 2.26. The number of thiazole rings is 1. The van der Waals surface area contributed by atoms with Crippen LogP contribution in [0.5, 0.6) is 5.75 Å². The fraction of sp³-hybridized carbons (Fsp3) is 0.565. The van der Waals surface area contributed by atoms with E-state index in [0.717, 1.165) is 43.4 Å². The van der Waals surface area contributed by atoms with Crippen molar-refractivity contribution in [3.8, 4) is 5.75 Å². The SMILES string of the molecule is CCc1ccc(OCCCC(=O)Nc2nc(C)c(CN3CCC(C)CC3)s2)cc1. The zero-order chi connectivity index (χ0) is 20.6. The summed E-state index contributed by atoms with van der Waals surface area (Å²) in [7, 11) is 0. The van der Waals surface area contributed by atoms with E-state index >= 15 is 0 Å². The molecule has 6 heteroatoms. The van der Waals surface area contributed by atoms with Crippen molar-refractivity contribution in [2.45, 2.75) is 59.4 Å². The molecule has 0 spiro atoms. The van der Waals surface area contributed by atoms with E-state index in [2.05, 4.69) is 41.2 Å². The first-order chi connectivity index (χ1) is 14.0. The van der Waals surface area contributed by atoms with Gasteiger partial charge in [0.15, 0.2) is 5.13 Å². The van der Waals surface area contributed by atoms with Gasteiger partial charge in [-0.15, -0.1) is 11.3 Å². The van der Waals surface area contributed by atoms with Crippen LogP contribution in [-0.4, -0.2) is 35.5 Å². The Morgan fingerprint density at radius 1 is 1.28 bits per heavy atom. The molecule has 0 bridgehead atoms. The van der Waals surface area contributed by atoms with Crippen LogP contribution in [0.15, 0.2) is 24.3 Å². The summed E-state index contributed by atoms with van der Waals surface area (Å²) in [6.45, 7) is 10.3. The Morgan fingerprint density at radius 2 is 2.00 bits per heavy atom. The summed E-state index contributed by atoms with van der Waals surface area (Å²) >= 11 is 1.61. The Kier molecular flexibility index (Phi) is 8.07. The fourth-order valence-electron chi connectivity index (χ4n) is 3.48. The highest BCUT2D eigenvalue weighted by Gasteiger charge is 2.18. The molecule has 2 aromatic rings. The van der Waals surface area contributed by atoms with Crippen molar-refractivity contribution < 1.29 is 9.53 Å². The summed E-state index contributed by atoms with van der Waals surface area (Å²) in [4.78, 5) is 20.5. The second kappa shape index (κ2) is 10.7. The molecule has 0 radical (unpaired) electrons. The molecular weight excluding hydrogens is 382 g/mol. The van der Waals surface area contributed by atoms with E-state index in [1.54, 1.807) is 11.3 Å². The number of nitrogens with one attached hydrogen (secondary N) is 1. The highest BCUT2D eigenvalue weighted by atomic mass is 32.1. The summed E-state index contributed by atoms with van der Waals surface area (Å²) in [5.41, 5.74) is 2.33. The lowest BCUT2D eigenvalue weighted by Crippen LogP contribution is -2.32. The van der Waals surface area contributed by atoms with Gasteiger partial charge in [-0.05, 0) is 69.3 Å². The van der Waals surface area contributed by atoms with Gasteiger partial charge in [0, 0.05) is 17.8 Å². The topological polar surface area (TPSA) is 54.5 Å². The lowest BCUT2D eigenvalue weighted by atomic mass is 9.99. The van der Waals surface area contributed by atoms with Crippen LogP contribution in [0.3, 0.4) is 0 Å². The summed E-state index contributed by atoms with van der Waals surface area (Å²) in [5.74, 6) is 1.69. The van der Waals surface area contributed by atoms with Crippen molar-refractivity contribution in [1.29, 1.82) is 0 Å². The third-order valence-electron chi connectivity index (χ3n) is 5.53. The summed E-state index contributed by atoms with van der Waals surface area (Å²) in [6.07, 6.45) is 4.68. The quantitative estimate of drug-likeness (QED) is 0.583. The predicted molar refractivity (Wildman–Crippen MR) is 120 cm³/mol. The summed E-state index contributed by atoms with van der Waals surface area (Å²) in [6, 6.07) is 8.13. The molecule has 1 amide bonds. The Labute approximate surface area is 178 Å². The minimum Gasteiger partial charge on any atom is -0.494 e. The standard InChI is InChI=1S/C23H33N3O2S/c1-4-19-7-9-20(10-8-19)28-15-5-6-22(27)25-23-24-18(3)21(29-23)16-26-13-11-17(2)12-14-26/h7-10,17H,4-6,11-16H2,1-3H3,(H,24,25,27). The number of amides is 1. The van der Waals surface area contributed by atoms with Crippen molar-refractivity contribution in [2.75, 3.05) is 25.0 Å². The van der Waals surface area contributed by atoms with Crippen LogP contribution < -0.4 is 10.1 Å². The maximum Gasteiger partial charge on any atom is 0.226 e. The number of carbonyl (C=O) groups excluding carboxylic acids is 1. The molecule has 1 aromatic heterocycles. The van der Waals surface area contributed by atoms with Crippen molar-refractivity contribution in [3.05, 3.63) is 40.4 Å². The van der Waals surface area contributed by atoms with E-state index in [1.165, 1.54) is 23.3 Å². The number of aromatic nitrogens is 1. The van der Waals surface area contributed by atoms with Crippen molar-refractivity contribution in [1.82, 2.24) is 9.88 Å². The third-order valence-corrected chi connectivity index (χ3v) is 6.59. The Bertz CT molecular complexity index is 780. The Balaban J connectivity index is 1.38. The van der Waals surface area contributed by atoms with Crippen LogP contribution in [0.25, 0.3) is 0 Å². The van der Waals surface area contributed by atoms with E-state index in [0.29, 0.717) is 24.6 Å². The third kappa shape index (κ3) is 6.82. The van der Waals surface area contributed by atoms with Crippen LogP contribution in [0.4, 0.5) is 5.13 Å². The van der Waals surface area contributed by atoms with Gasteiger partial charge in [-0.25, -0.2) is 4.98 Å². The lowest BCUT2D eigenvalue weighted by Gasteiger charge is -2.29. The minimum absolute atomic E-state index is 0.00188. The number of piperidine rings is 1. The van der Waals surface area contributed by atoms with Gasteiger partial charge in [0.05, 0.1) is 12.3 Å². The number of hydrogen-bond donors (Lipinski definition) is 1. The molecule has 1 saturated heterocycles. The molecule has 0 unspecified atom stereocenters. The Hall–Kier alpha value is -1.92. The monoisotopic (exact) mass is 415 g/mol. The van der Waals surface area contributed by atoms with Gasteiger partial charge in [0.1, 0.15) is 5.75 Å². The molecule has 0 aliphatic carbocycles. The Morgan fingerprint density at radius 3 is 2.69 bits per heavy atom. The molecule has 1 fully saturated rings. The molecular formula is C23H33N3O2S. The molecule has 0 atom stereocenters. The zero-order valence-corrected chi connectivity index (χ0v) is 18.7. The number of anilines is 1. The summed E-state index contributed by atoms with van der Waals surface area (Å²) in [5, 5.41) is 3.67. The number of likely N-dealkylation sites (tertiary alicyclic amines) is 1. The van der Waals surface area contributed by atoms with E-state index in [-0.39, 0.29) is 5.91 Å². The average Bonchev–Trinajstić information content (AvgIpc) is 3.06. The van der Waals surface area contributed by atoms with Gasteiger partial charge in [-0.3, -0.25) is 9.69 Å². The van der Waals surface area contributed by atoms with Crippen LogP contribution in [0.1, 0.15) is 55.7 Å². The molecule has 2 heterocycles. The molecule has 5 nitrogen and oxygen atoms in total. The normalized spacial score (nSPS) is 15.4. The van der Waals surface area contributed by atoms with E-state index in [9.17, 15) is 4.79 Å². The predicted octanol–water partition coefficient (Wildman–Crippen LogP) is 5.04. The van der Waals surface area contributed by atoms with Gasteiger partial charge in [-0.2, -0.15) is 0 Å². The number of ether oxygens (including phenoxy) is 1. The van der Waals surface area contributed by atoms with Gasteiger partial charge in [0.2, 0.25) is 5.91 Å². The number of rotatable bonds is 9. The van der Waals surface area contributed by atoms with Gasteiger partial charge in [0.25, 0.3) is 0 Å². The number of benzene rings is 1. The second-order valence-electron chi connectivity index (χ2n) is 7.98. The molecule has 1 N–H and O–H groups in total. The molecule has 1 aromatic carbocycles.